The fourth-order valence-electron chi connectivity index (χ4n) is 8.68. The van der Waals surface area contributed by atoms with Gasteiger partial charge >= 0.3 is 29.6 Å². The molecule has 4 fully saturated rings. The van der Waals surface area contributed by atoms with E-state index in [0.717, 1.165) is 44.9 Å². The van der Waals surface area contributed by atoms with Gasteiger partial charge in [0.15, 0.2) is 0 Å². The zero-order chi connectivity index (χ0) is 23.1. The van der Waals surface area contributed by atoms with Gasteiger partial charge in [-0.2, -0.15) is 0 Å². The number of hydrogen-bond donors (Lipinski definition) is 3. The van der Waals surface area contributed by atoms with Gasteiger partial charge in [-0.3, -0.25) is 0 Å². The minimum Gasteiger partial charge on any atom is -0.550 e. The van der Waals surface area contributed by atoms with Crippen LogP contribution in [0.1, 0.15) is 78.6 Å². The molecule has 3 N–H and O–H groups in total. The third-order valence-electron chi connectivity index (χ3n) is 10.3. The van der Waals surface area contributed by atoms with E-state index < -0.39 is 12.1 Å². The maximum Gasteiger partial charge on any atom is 1.00 e. The van der Waals surface area contributed by atoms with E-state index in [1.54, 1.807) is 0 Å². The maximum absolute atomic E-state index is 11.5. The number of fused-ring (bicyclic) bond motifs is 5. The van der Waals surface area contributed by atoms with Crippen LogP contribution in [0.3, 0.4) is 0 Å². The van der Waals surface area contributed by atoms with Crippen LogP contribution in [0.25, 0.3) is 0 Å². The van der Waals surface area contributed by atoms with E-state index in [2.05, 4.69) is 33.9 Å². The van der Waals surface area contributed by atoms with Gasteiger partial charge < -0.3 is 25.2 Å². The molecule has 0 aliphatic heterocycles. The average molecular weight is 459 g/mol. The molecule has 0 amide bonds. The number of carboxylic acids is 1. The summed E-state index contributed by atoms with van der Waals surface area (Å²) in [5.41, 5.74) is -0.172. The minimum atomic E-state index is -0.998. The molecule has 0 aromatic rings. The summed E-state index contributed by atoms with van der Waals surface area (Å²) in [6, 6.07) is 0. The Morgan fingerprint density at radius 1 is 1.06 bits per heavy atom. The van der Waals surface area contributed by atoms with Crippen molar-refractivity contribution < 1.29 is 54.8 Å². The summed E-state index contributed by atoms with van der Waals surface area (Å²) in [6.45, 7) is 12.7. The Hall–Kier alpha value is 0.0900. The first-order valence-corrected chi connectivity index (χ1v) is 12.3. The standard InChI is InChI=1S/C24H40O5.C2H4.Na/c1-13(4-7-21(28)29)16-5-6-17-22-18(12-20(27)24(16,17)3)23(2)9-8-15(25)10-14(23)11-19(22)26;1-2;/h13-20,22,25-27H,4-12H2,1-3H3,(H,28,29);1-2H2;/q;;+1/p-1/t13-,14+,15-,16-,17+,18+,19-,20+,22+,23+,24-;;/m1../s1. The van der Waals surface area contributed by atoms with Crippen molar-refractivity contribution in [2.75, 3.05) is 0 Å². The molecule has 0 unspecified atom stereocenters. The molecule has 0 radical (unpaired) electrons. The molecule has 4 aliphatic rings. The third kappa shape index (κ3) is 4.64. The Bertz CT molecular complexity index is 658. The van der Waals surface area contributed by atoms with Crippen molar-refractivity contribution in [1.82, 2.24) is 0 Å². The summed E-state index contributed by atoms with van der Waals surface area (Å²) >= 11 is 0. The summed E-state index contributed by atoms with van der Waals surface area (Å²) in [5, 5.41) is 43.9. The fraction of sp³-hybridized carbons (Fsp3) is 0.885. The summed E-state index contributed by atoms with van der Waals surface area (Å²) in [6.07, 6.45) is 5.72. The molecule has 0 spiro atoms. The molecule has 0 bridgehead atoms. The first kappa shape index (κ1) is 28.3. The Morgan fingerprint density at radius 3 is 2.34 bits per heavy atom. The van der Waals surface area contributed by atoms with Gasteiger partial charge in [0.25, 0.3) is 0 Å². The molecule has 5 nitrogen and oxygen atoms in total. The van der Waals surface area contributed by atoms with Crippen molar-refractivity contribution in [3.63, 3.8) is 0 Å². The van der Waals surface area contributed by atoms with Crippen LogP contribution in [0, 0.1) is 46.3 Å². The first-order chi connectivity index (χ1) is 14.6. The molecule has 11 atom stereocenters. The largest absolute Gasteiger partial charge is 1.00 e. The van der Waals surface area contributed by atoms with E-state index in [1.807, 2.05) is 0 Å². The summed E-state index contributed by atoms with van der Waals surface area (Å²) in [5.74, 6) is 0.635. The SMILES string of the molecule is C=C.C[C@H](CCC(=O)[O-])[C@H]1CC[C@H]2[C@@H]3[C@H](O)C[C@@H]4C[C@H](O)CC[C@]4(C)[C@H]3C[C@H](O)[C@]12C.[Na+]. The number of hydrogen-bond acceptors (Lipinski definition) is 5. The van der Waals surface area contributed by atoms with Crippen molar-refractivity contribution >= 4 is 5.97 Å². The molecule has 0 heterocycles. The zero-order valence-electron chi connectivity index (χ0n) is 20.6. The number of aliphatic carboxylic acids is 1. The molecule has 4 aliphatic carbocycles. The average Bonchev–Trinajstić information content (AvgIpc) is 3.08. The number of rotatable bonds is 4. The molecule has 0 aromatic carbocycles. The number of carbonyl (C=O) groups is 1. The summed E-state index contributed by atoms with van der Waals surface area (Å²) in [7, 11) is 0. The molecule has 0 saturated heterocycles. The predicted octanol–water partition coefficient (Wildman–Crippen LogP) is -0.0798. The third-order valence-corrected chi connectivity index (χ3v) is 10.3. The topological polar surface area (TPSA) is 101 Å². The van der Waals surface area contributed by atoms with Gasteiger partial charge in [0, 0.05) is 5.97 Å². The van der Waals surface area contributed by atoms with Crippen LogP contribution in [0.2, 0.25) is 0 Å². The van der Waals surface area contributed by atoms with Crippen molar-refractivity contribution in [1.29, 1.82) is 0 Å². The predicted molar refractivity (Wildman–Crippen MR) is 119 cm³/mol. The van der Waals surface area contributed by atoms with Crippen LogP contribution in [0.4, 0.5) is 0 Å². The van der Waals surface area contributed by atoms with E-state index in [0.29, 0.717) is 18.3 Å². The van der Waals surface area contributed by atoms with Crippen molar-refractivity contribution in [3.8, 4) is 0 Å². The normalized spacial score (nSPS) is 48.1. The molecule has 4 rings (SSSR count). The monoisotopic (exact) mass is 458 g/mol. The molecule has 0 aromatic heterocycles. The van der Waals surface area contributed by atoms with Crippen LogP contribution >= 0.6 is 0 Å². The second-order valence-corrected chi connectivity index (χ2v) is 11.4. The van der Waals surface area contributed by atoms with E-state index in [-0.39, 0.29) is 82.7 Å². The van der Waals surface area contributed by atoms with Crippen LogP contribution in [-0.2, 0) is 4.79 Å². The quantitative estimate of drug-likeness (QED) is 0.404. The number of aliphatic hydroxyl groups excluding tert-OH is 3. The van der Waals surface area contributed by atoms with Gasteiger partial charge in [-0.25, -0.2) is 0 Å². The van der Waals surface area contributed by atoms with Gasteiger partial charge in [0.05, 0.1) is 18.3 Å². The Kier molecular flexibility index (Phi) is 9.55. The Balaban J connectivity index is 0.00000118. The zero-order valence-corrected chi connectivity index (χ0v) is 22.6. The van der Waals surface area contributed by atoms with Crippen LogP contribution in [0.5, 0.6) is 0 Å². The Labute approximate surface area is 216 Å². The van der Waals surface area contributed by atoms with Crippen molar-refractivity contribution in [2.24, 2.45) is 46.3 Å². The number of aliphatic hydroxyl groups is 3. The van der Waals surface area contributed by atoms with Gasteiger partial charge in [-0.1, -0.05) is 20.8 Å². The van der Waals surface area contributed by atoms with Gasteiger partial charge in [0.1, 0.15) is 0 Å². The Morgan fingerprint density at radius 2 is 1.72 bits per heavy atom. The van der Waals surface area contributed by atoms with Gasteiger partial charge in [0.2, 0.25) is 0 Å². The van der Waals surface area contributed by atoms with Crippen LogP contribution in [0.15, 0.2) is 13.2 Å². The molecular formula is C26H43NaO5. The molecule has 178 valence electrons. The molecule has 6 heteroatoms. The van der Waals surface area contributed by atoms with Gasteiger partial charge in [-0.15, -0.1) is 13.2 Å². The number of carboxylic acid groups (broad SMARTS) is 1. The maximum atomic E-state index is 11.5. The second-order valence-electron chi connectivity index (χ2n) is 11.4. The molecule has 4 saturated carbocycles. The first-order valence-electron chi connectivity index (χ1n) is 12.3. The molecule has 32 heavy (non-hydrogen) atoms. The van der Waals surface area contributed by atoms with Crippen LogP contribution in [-0.4, -0.2) is 39.6 Å². The van der Waals surface area contributed by atoms with Crippen molar-refractivity contribution in [3.05, 3.63) is 13.2 Å². The smallest absolute Gasteiger partial charge is 0.550 e. The summed E-state index contributed by atoms with van der Waals surface area (Å²) in [4.78, 5) is 11.0. The second kappa shape index (κ2) is 10.8. The van der Waals surface area contributed by atoms with Crippen LogP contribution < -0.4 is 34.7 Å². The number of carbonyl (C=O) groups excluding carboxylic acids is 1. The van der Waals surface area contributed by atoms with Crippen molar-refractivity contribution in [2.45, 2.75) is 96.9 Å². The van der Waals surface area contributed by atoms with E-state index >= 15 is 0 Å². The van der Waals surface area contributed by atoms with E-state index in [9.17, 15) is 25.2 Å². The minimum absolute atomic E-state index is 0. The van der Waals surface area contributed by atoms with Gasteiger partial charge in [-0.05, 0) is 104 Å². The van der Waals surface area contributed by atoms with E-state index in [4.69, 9.17) is 0 Å². The van der Waals surface area contributed by atoms with E-state index in [1.165, 1.54) is 0 Å². The fourth-order valence-corrected chi connectivity index (χ4v) is 8.68. The molecular weight excluding hydrogens is 415 g/mol. The summed E-state index contributed by atoms with van der Waals surface area (Å²) < 4.78 is 0.